The van der Waals surface area contributed by atoms with Crippen LogP contribution in [0.4, 0.5) is 0 Å². The number of rotatable bonds is 1. The molecule has 0 amide bonds. The fourth-order valence-electron chi connectivity index (χ4n) is 2.63. The normalized spacial score (nSPS) is 36.6. The van der Waals surface area contributed by atoms with E-state index >= 15 is 0 Å². The average molecular weight is 198 g/mol. The maximum absolute atomic E-state index is 9.80. The molecular formula is C11H22N2O. The van der Waals surface area contributed by atoms with Crippen LogP contribution in [-0.4, -0.2) is 48.3 Å². The van der Waals surface area contributed by atoms with Crippen LogP contribution in [0, 0.1) is 0 Å². The highest BCUT2D eigenvalue weighted by Gasteiger charge is 2.30. The summed E-state index contributed by atoms with van der Waals surface area (Å²) in [7, 11) is 0. The zero-order chi connectivity index (χ0) is 9.80. The van der Waals surface area contributed by atoms with Gasteiger partial charge in [-0.3, -0.25) is 4.90 Å². The monoisotopic (exact) mass is 198 g/mol. The third-order valence-electron chi connectivity index (χ3n) is 3.51. The molecule has 2 heterocycles. The lowest BCUT2D eigenvalue weighted by molar-refractivity contribution is 0.0775. The fraction of sp³-hybridized carbons (Fsp3) is 1.00. The SMILES string of the molecule is OC1CNCC1N1CCCCCCC1. The molecule has 82 valence electrons. The van der Waals surface area contributed by atoms with Crippen LogP contribution >= 0.6 is 0 Å². The first-order valence-electron chi connectivity index (χ1n) is 6.01. The predicted octanol–water partition coefficient (Wildman–Crippen LogP) is 0.585. The highest BCUT2D eigenvalue weighted by Crippen LogP contribution is 2.16. The summed E-state index contributed by atoms with van der Waals surface area (Å²) >= 11 is 0. The lowest BCUT2D eigenvalue weighted by Gasteiger charge is -2.31. The van der Waals surface area contributed by atoms with Crippen molar-refractivity contribution in [2.24, 2.45) is 0 Å². The van der Waals surface area contributed by atoms with Gasteiger partial charge < -0.3 is 10.4 Å². The summed E-state index contributed by atoms with van der Waals surface area (Å²) in [4.78, 5) is 2.49. The van der Waals surface area contributed by atoms with Gasteiger partial charge in [0, 0.05) is 19.1 Å². The van der Waals surface area contributed by atoms with Crippen LogP contribution in [0.5, 0.6) is 0 Å². The molecule has 2 saturated heterocycles. The number of aliphatic hydroxyl groups excluding tert-OH is 1. The summed E-state index contributed by atoms with van der Waals surface area (Å²) in [6.07, 6.45) is 6.61. The molecule has 2 unspecified atom stereocenters. The second-order valence-electron chi connectivity index (χ2n) is 4.60. The number of aliphatic hydroxyl groups is 1. The Labute approximate surface area is 86.5 Å². The minimum atomic E-state index is -0.144. The minimum Gasteiger partial charge on any atom is -0.390 e. The Morgan fingerprint density at radius 1 is 0.929 bits per heavy atom. The molecule has 0 bridgehead atoms. The molecule has 2 aliphatic heterocycles. The van der Waals surface area contributed by atoms with E-state index < -0.39 is 0 Å². The Kier molecular flexibility index (Phi) is 3.79. The van der Waals surface area contributed by atoms with Gasteiger partial charge >= 0.3 is 0 Å². The Hall–Kier alpha value is -0.120. The fourth-order valence-corrected chi connectivity index (χ4v) is 2.63. The largest absolute Gasteiger partial charge is 0.390 e. The van der Waals surface area contributed by atoms with Crippen molar-refractivity contribution in [2.75, 3.05) is 26.2 Å². The van der Waals surface area contributed by atoms with Gasteiger partial charge in [-0.05, 0) is 25.9 Å². The molecule has 2 aliphatic rings. The summed E-state index contributed by atoms with van der Waals surface area (Å²) < 4.78 is 0. The quantitative estimate of drug-likeness (QED) is 0.647. The molecule has 0 aromatic heterocycles. The summed E-state index contributed by atoms with van der Waals surface area (Å²) in [5, 5.41) is 13.1. The standard InChI is InChI=1S/C11H22N2O/c14-11-9-12-8-10(11)13-6-4-2-1-3-5-7-13/h10-12,14H,1-9H2. The molecule has 2 rings (SSSR count). The van der Waals surface area contributed by atoms with Gasteiger partial charge in [-0.15, -0.1) is 0 Å². The van der Waals surface area contributed by atoms with E-state index in [0.717, 1.165) is 13.1 Å². The predicted molar refractivity (Wildman–Crippen MR) is 57.3 cm³/mol. The number of nitrogens with one attached hydrogen (secondary N) is 1. The number of nitrogens with zero attached hydrogens (tertiary/aromatic N) is 1. The minimum absolute atomic E-state index is 0.144. The van der Waals surface area contributed by atoms with Crippen LogP contribution in [0.2, 0.25) is 0 Å². The Bertz CT molecular complexity index is 167. The van der Waals surface area contributed by atoms with Crippen LogP contribution < -0.4 is 5.32 Å². The topological polar surface area (TPSA) is 35.5 Å². The summed E-state index contributed by atoms with van der Waals surface area (Å²) in [6, 6.07) is 0.382. The number of hydrogen-bond acceptors (Lipinski definition) is 3. The Morgan fingerprint density at radius 2 is 1.57 bits per heavy atom. The number of hydrogen-bond donors (Lipinski definition) is 2. The van der Waals surface area contributed by atoms with Gasteiger partial charge in [0.1, 0.15) is 0 Å². The number of β-amino-alcohol motifs (C(OH)–C–C–N with tert-alkyl or cyclic N) is 1. The smallest absolute Gasteiger partial charge is 0.0831 e. The van der Waals surface area contributed by atoms with Crippen LogP contribution in [0.25, 0.3) is 0 Å². The highest BCUT2D eigenvalue weighted by molar-refractivity contribution is 4.88. The lowest BCUT2D eigenvalue weighted by atomic mass is 10.1. The van der Waals surface area contributed by atoms with Crippen molar-refractivity contribution in [3.8, 4) is 0 Å². The molecular weight excluding hydrogens is 176 g/mol. The van der Waals surface area contributed by atoms with Crippen molar-refractivity contribution in [1.82, 2.24) is 10.2 Å². The molecule has 0 aromatic rings. The van der Waals surface area contributed by atoms with Crippen molar-refractivity contribution in [3.05, 3.63) is 0 Å². The number of likely N-dealkylation sites (tertiary alicyclic amines) is 1. The molecule has 0 spiro atoms. The van der Waals surface area contributed by atoms with Gasteiger partial charge in [-0.2, -0.15) is 0 Å². The van der Waals surface area contributed by atoms with E-state index in [-0.39, 0.29) is 6.10 Å². The van der Waals surface area contributed by atoms with E-state index in [2.05, 4.69) is 10.2 Å². The maximum Gasteiger partial charge on any atom is 0.0831 e. The summed E-state index contributed by atoms with van der Waals surface area (Å²) in [5.41, 5.74) is 0. The second kappa shape index (κ2) is 5.10. The average Bonchev–Trinajstić information content (AvgIpc) is 2.51. The Balaban J connectivity index is 1.86. The first-order valence-corrected chi connectivity index (χ1v) is 6.01. The Morgan fingerprint density at radius 3 is 2.14 bits per heavy atom. The van der Waals surface area contributed by atoms with Crippen LogP contribution in [0.15, 0.2) is 0 Å². The van der Waals surface area contributed by atoms with Crippen molar-refractivity contribution >= 4 is 0 Å². The molecule has 0 saturated carbocycles. The molecule has 0 radical (unpaired) electrons. The lowest BCUT2D eigenvalue weighted by Crippen LogP contribution is -2.44. The van der Waals surface area contributed by atoms with Gasteiger partial charge in [-0.1, -0.05) is 19.3 Å². The van der Waals surface area contributed by atoms with E-state index in [0.29, 0.717) is 6.04 Å². The van der Waals surface area contributed by atoms with Gasteiger partial charge in [0.05, 0.1) is 6.10 Å². The van der Waals surface area contributed by atoms with E-state index in [9.17, 15) is 5.11 Å². The molecule has 2 N–H and O–H groups in total. The zero-order valence-corrected chi connectivity index (χ0v) is 8.91. The van der Waals surface area contributed by atoms with Crippen molar-refractivity contribution in [1.29, 1.82) is 0 Å². The van der Waals surface area contributed by atoms with Crippen molar-refractivity contribution < 1.29 is 5.11 Å². The molecule has 0 aromatic carbocycles. The molecule has 3 nitrogen and oxygen atoms in total. The molecule has 14 heavy (non-hydrogen) atoms. The van der Waals surface area contributed by atoms with E-state index in [1.54, 1.807) is 0 Å². The van der Waals surface area contributed by atoms with Gasteiger partial charge in [-0.25, -0.2) is 0 Å². The van der Waals surface area contributed by atoms with Crippen molar-refractivity contribution in [3.63, 3.8) is 0 Å². The molecule has 3 heteroatoms. The first-order chi connectivity index (χ1) is 6.88. The van der Waals surface area contributed by atoms with Crippen LogP contribution in [0.3, 0.4) is 0 Å². The third-order valence-corrected chi connectivity index (χ3v) is 3.51. The van der Waals surface area contributed by atoms with E-state index in [1.807, 2.05) is 0 Å². The molecule has 2 atom stereocenters. The molecule has 0 aliphatic carbocycles. The van der Waals surface area contributed by atoms with Crippen LogP contribution in [0.1, 0.15) is 32.1 Å². The highest BCUT2D eigenvalue weighted by atomic mass is 16.3. The first kappa shape index (κ1) is 10.4. The van der Waals surface area contributed by atoms with E-state index in [4.69, 9.17) is 0 Å². The maximum atomic E-state index is 9.80. The third kappa shape index (κ3) is 2.47. The van der Waals surface area contributed by atoms with Crippen molar-refractivity contribution in [2.45, 2.75) is 44.2 Å². The summed E-state index contributed by atoms with van der Waals surface area (Å²) in [6.45, 7) is 4.12. The van der Waals surface area contributed by atoms with Crippen LogP contribution in [-0.2, 0) is 0 Å². The summed E-state index contributed by atoms with van der Waals surface area (Å²) in [5.74, 6) is 0. The van der Waals surface area contributed by atoms with E-state index in [1.165, 1.54) is 45.2 Å². The van der Waals surface area contributed by atoms with Gasteiger partial charge in [0.25, 0.3) is 0 Å². The zero-order valence-electron chi connectivity index (χ0n) is 8.91. The van der Waals surface area contributed by atoms with Gasteiger partial charge in [0.2, 0.25) is 0 Å². The molecule has 2 fully saturated rings. The van der Waals surface area contributed by atoms with Gasteiger partial charge in [0.15, 0.2) is 0 Å². The second-order valence-corrected chi connectivity index (χ2v) is 4.60.